The van der Waals surface area contributed by atoms with Gasteiger partial charge in [0.05, 0.1) is 18.3 Å². The van der Waals surface area contributed by atoms with Crippen molar-refractivity contribution in [3.63, 3.8) is 0 Å². The maximum Gasteiger partial charge on any atom is 0.407 e. The third-order valence-corrected chi connectivity index (χ3v) is 5.79. The number of nitrogens with zero attached hydrogens (tertiary/aromatic N) is 7. The third kappa shape index (κ3) is 3.88. The predicted molar refractivity (Wildman–Crippen MR) is 116 cm³/mol. The molecule has 33 heavy (non-hydrogen) atoms. The van der Waals surface area contributed by atoms with Crippen molar-refractivity contribution in [3.8, 4) is 0 Å². The van der Waals surface area contributed by atoms with Gasteiger partial charge in [-0.1, -0.05) is 18.2 Å². The molecule has 10 nitrogen and oxygen atoms in total. The second-order valence-corrected chi connectivity index (χ2v) is 7.78. The van der Waals surface area contributed by atoms with Gasteiger partial charge in [-0.05, 0) is 24.3 Å². The summed E-state index contributed by atoms with van der Waals surface area (Å²) < 4.78 is 15.9. The van der Waals surface area contributed by atoms with Gasteiger partial charge in [-0.2, -0.15) is 5.10 Å². The van der Waals surface area contributed by atoms with E-state index in [0.717, 1.165) is 0 Å². The fourth-order valence-electron chi connectivity index (χ4n) is 4.18. The fraction of sp³-hybridized carbons (Fsp3) is 0.227. The molecule has 11 heteroatoms. The number of piperazine rings is 1. The van der Waals surface area contributed by atoms with Gasteiger partial charge in [0.15, 0.2) is 5.65 Å². The van der Waals surface area contributed by atoms with Gasteiger partial charge in [-0.3, -0.25) is 10.7 Å². The van der Waals surface area contributed by atoms with Gasteiger partial charge >= 0.3 is 6.09 Å². The second-order valence-electron chi connectivity index (χ2n) is 7.78. The predicted octanol–water partition coefficient (Wildman–Crippen LogP) is 2.36. The fourth-order valence-corrected chi connectivity index (χ4v) is 4.18. The number of hydrazine groups is 1. The largest absolute Gasteiger partial charge is 0.465 e. The molecule has 1 aromatic carbocycles. The van der Waals surface area contributed by atoms with Crippen molar-refractivity contribution < 1.29 is 14.3 Å². The average molecular weight is 448 g/mol. The number of carboxylic acid groups (broad SMARTS) is 1. The van der Waals surface area contributed by atoms with Crippen LogP contribution in [0.25, 0.3) is 11.0 Å². The average Bonchev–Trinajstić information content (AvgIpc) is 3.19. The first kappa shape index (κ1) is 20.9. The summed E-state index contributed by atoms with van der Waals surface area (Å²) in [7, 11) is 0. The highest BCUT2D eigenvalue weighted by Gasteiger charge is 2.40. The lowest BCUT2D eigenvalue weighted by molar-refractivity contribution is 0.0256. The van der Waals surface area contributed by atoms with E-state index in [0.29, 0.717) is 28.1 Å². The van der Waals surface area contributed by atoms with Gasteiger partial charge in [0.1, 0.15) is 17.7 Å². The minimum absolute atomic E-state index is 0.0719. The Kier molecular flexibility index (Phi) is 5.40. The first-order valence-corrected chi connectivity index (χ1v) is 10.4. The Bertz CT molecular complexity index is 1300. The molecule has 4 heterocycles. The van der Waals surface area contributed by atoms with Gasteiger partial charge in [0.2, 0.25) is 0 Å². The lowest BCUT2D eigenvalue weighted by Crippen LogP contribution is -2.54. The van der Waals surface area contributed by atoms with Crippen LogP contribution in [0.4, 0.5) is 9.18 Å². The number of amides is 1. The molecule has 1 saturated heterocycles. The first-order valence-electron chi connectivity index (χ1n) is 10.4. The highest BCUT2D eigenvalue weighted by atomic mass is 19.1. The Balaban J connectivity index is 1.54. The zero-order chi connectivity index (χ0) is 22.9. The minimum Gasteiger partial charge on any atom is -0.465 e. The molecule has 3 aromatic heterocycles. The standard InChI is InChI=1S/C22H21FN8O2/c23-16-7-2-1-5-14(16)11-31-21-15(6-3-8-27-21)19(28-31)17-13-30(24)18(12-29(17)22(32)33)20-25-9-4-10-26-20/h1-10,17-18H,11-13,24H2,(H,32,33). The van der Waals surface area contributed by atoms with E-state index >= 15 is 0 Å². The molecule has 1 amide bonds. The highest BCUT2D eigenvalue weighted by Crippen LogP contribution is 2.34. The van der Waals surface area contributed by atoms with Crippen LogP contribution in [0.1, 0.15) is 29.2 Å². The van der Waals surface area contributed by atoms with Crippen LogP contribution in [0.15, 0.2) is 61.1 Å². The lowest BCUT2D eigenvalue weighted by Gasteiger charge is -2.41. The zero-order valence-corrected chi connectivity index (χ0v) is 17.5. The van der Waals surface area contributed by atoms with Crippen LogP contribution in [0.2, 0.25) is 0 Å². The molecular weight excluding hydrogens is 427 g/mol. The molecule has 1 aliphatic rings. The summed E-state index contributed by atoms with van der Waals surface area (Å²) in [4.78, 5) is 26.4. The van der Waals surface area contributed by atoms with Crippen molar-refractivity contribution in [3.05, 3.63) is 84.0 Å². The molecule has 2 atom stereocenters. The van der Waals surface area contributed by atoms with Crippen LogP contribution in [0.3, 0.4) is 0 Å². The summed E-state index contributed by atoms with van der Waals surface area (Å²) in [5.41, 5.74) is 1.51. The molecule has 168 valence electrons. The molecule has 4 aromatic rings. The van der Waals surface area contributed by atoms with Crippen LogP contribution in [0.5, 0.6) is 0 Å². The van der Waals surface area contributed by atoms with Crippen molar-refractivity contribution in [1.29, 1.82) is 0 Å². The number of halogens is 1. The van der Waals surface area contributed by atoms with Gasteiger partial charge in [0, 0.05) is 42.6 Å². The molecule has 0 spiro atoms. The number of rotatable bonds is 4. The summed E-state index contributed by atoms with van der Waals surface area (Å²) in [6, 6.07) is 10.6. The van der Waals surface area contributed by atoms with E-state index in [1.54, 1.807) is 53.6 Å². The topological polar surface area (TPSA) is 126 Å². The van der Waals surface area contributed by atoms with E-state index in [9.17, 15) is 14.3 Å². The molecule has 2 unspecified atom stereocenters. The molecule has 3 N–H and O–H groups in total. The lowest BCUT2D eigenvalue weighted by atomic mass is 10.0. The smallest absolute Gasteiger partial charge is 0.407 e. The van der Waals surface area contributed by atoms with Gasteiger partial charge in [0.25, 0.3) is 0 Å². The summed E-state index contributed by atoms with van der Waals surface area (Å²) in [6.45, 7) is 0.408. The Morgan fingerprint density at radius 2 is 1.79 bits per heavy atom. The number of pyridine rings is 1. The van der Waals surface area contributed by atoms with Gasteiger partial charge in [-0.25, -0.2) is 33.8 Å². The molecule has 5 rings (SSSR count). The van der Waals surface area contributed by atoms with Crippen molar-refractivity contribution in [2.24, 2.45) is 5.84 Å². The molecule has 1 fully saturated rings. The Labute approximate surface area is 188 Å². The number of nitrogens with two attached hydrogens (primary N) is 1. The van der Waals surface area contributed by atoms with Crippen LogP contribution in [-0.4, -0.2) is 58.9 Å². The second kappa shape index (κ2) is 8.52. The normalized spacial score (nSPS) is 19.2. The third-order valence-electron chi connectivity index (χ3n) is 5.79. The van der Waals surface area contributed by atoms with E-state index in [-0.39, 0.29) is 25.5 Å². The van der Waals surface area contributed by atoms with Crippen molar-refractivity contribution >= 4 is 17.1 Å². The number of benzene rings is 1. The first-order chi connectivity index (χ1) is 16.0. The number of hydrogen-bond donors (Lipinski definition) is 2. The van der Waals surface area contributed by atoms with Crippen LogP contribution in [0, 0.1) is 5.82 Å². The van der Waals surface area contributed by atoms with Gasteiger partial charge < -0.3 is 5.11 Å². The summed E-state index contributed by atoms with van der Waals surface area (Å²) >= 11 is 0. The number of carbonyl (C=O) groups is 1. The number of aromatic nitrogens is 5. The van der Waals surface area contributed by atoms with Crippen LogP contribution >= 0.6 is 0 Å². The Morgan fingerprint density at radius 1 is 1.03 bits per heavy atom. The summed E-state index contributed by atoms with van der Waals surface area (Å²) in [5.74, 6) is 6.43. The quantitative estimate of drug-likeness (QED) is 0.456. The zero-order valence-electron chi connectivity index (χ0n) is 17.5. The minimum atomic E-state index is -1.10. The van der Waals surface area contributed by atoms with Crippen LogP contribution < -0.4 is 5.84 Å². The molecular formula is C22H21FN8O2. The van der Waals surface area contributed by atoms with E-state index < -0.39 is 18.2 Å². The molecule has 0 bridgehead atoms. The summed E-state index contributed by atoms with van der Waals surface area (Å²) in [5, 5.41) is 16.9. The van der Waals surface area contributed by atoms with E-state index in [1.165, 1.54) is 16.0 Å². The van der Waals surface area contributed by atoms with E-state index in [1.807, 2.05) is 6.07 Å². The summed E-state index contributed by atoms with van der Waals surface area (Å²) in [6.07, 6.45) is 3.71. The monoisotopic (exact) mass is 448 g/mol. The van der Waals surface area contributed by atoms with Crippen LogP contribution in [-0.2, 0) is 6.54 Å². The van der Waals surface area contributed by atoms with Crippen molar-refractivity contribution in [2.45, 2.75) is 18.6 Å². The van der Waals surface area contributed by atoms with Crippen molar-refractivity contribution in [1.82, 2.24) is 34.6 Å². The molecule has 1 aliphatic heterocycles. The Morgan fingerprint density at radius 3 is 2.55 bits per heavy atom. The number of fused-ring (bicyclic) bond motifs is 1. The van der Waals surface area contributed by atoms with E-state index in [4.69, 9.17) is 5.84 Å². The van der Waals surface area contributed by atoms with E-state index in [2.05, 4.69) is 20.1 Å². The SMILES string of the molecule is NN1CC(c2nn(Cc3ccccc3F)c3ncccc23)N(C(=O)O)CC1c1ncccn1. The maximum atomic E-state index is 14.3. The molecule has 0 saturated carbocycles. The number of hydrogen-bond acceptors (Lipinski definition) is 7. The molecule has 0 radical (unpaired) electrons. The van der Waals surface area contributed by atoms with Gasteiger partial charge in [-0.15, -0.1) is 0 Å². The Hall–Kier alpha value is -3.96. The van der Waals surface area contributed by atoms with Crippen molar-refractivity contribution in [2.75, 3.05) is 13.1 Å². The highest BCUT2D eigenvalue weighted by molar-refractivity contribution is 5.79. The molecule has 0 aliphatic carbocycles. The maximum absolute atomic E-state index is 14.3.